The molecular formula is C19H21F3N4O2. The van der Waals surface area contributed by atoms with E-state index < -0.39 is 17.5 Å². The largest absolute Gasteiger partial charge is 0.507 e. The molecule has 28 heavy (non-hydrogen) atoms. The zero-order valence-electron chi connectivity index (χ0n) is 15.7. The van der Waals surface area contributed by atoms with E-state index in [9.17, 15) is 23.4 Å². The van der Waals surface area contributed by atoms with E-state index in [-0.39, 0.29) is 34.7 Å². The Morgan fingerprint density at radius 3 is 2.54 bits per heavy atom. The van der Waals surface area contributed by atoms with Crippen LogP contribution >= 0.6 is 0 Å². The van der Waals surface area contributed by atoms with Gasteiger partial charge in [0.25, 0.3) is 0 Å². The summed E-state index contributed by atoms with van der Waals surface area (Å²) in [5.41, 5.74) is -0.364. The van der Waals surface area contributed by atoms with Gasteiger partial charge < -0.3 is 15.1 Å². The monoisotopic (exact) mass is 394 g/mol. The molecule has 1 aliphatic heterocycles. The molecule has 4 rings (SSSR count). The van der Waals surface area contributed by atoms with Crippen molar-refractivity contribution in [2.75, 3.05) is 11.4 Å². The van der Waals surface area contributed by atoms with Crippen LogP contribution in [-0.2, 0) is 6.18 Å². The van der Waals surface area contributed by atoms with E-state index in [0.717, 1.165) is 12.5 Å². The Labute approximate surface area is 160 Å². The van der Waals surface area contributed by atoms with Crippen LogP contribution in [-0.4, -0.2) is 44.1 Å². The molecule has 1 aromatic heterocycles. The van der Waals surface area contributed by atoms with E-state index in [4.69, 9.17) is 0 Å². The predicted molar refractivity (Wildman–Crippen MR) is 95.7 cm³/mol. The van der Waals surface area contributed by atoms with Crippen molar-refractivity contribution < 1.29 is 23.4 Å². The van der Waals surface area contributed by atoms with Gasteiger partial charge in [-0.2, -0.15) is 13.2 Å². The van der Waals surface area contributed by atoms with Crippen LogP contribution in [0.5, 0.6) is 5.75 Å². The molecule has 0 spiro atoms. The van der Waals surface area contributed by atoms with Crippen molar-refractivity contribution in [3.05, 3.63) is 29.5 Å². The minimum absolute atomic E-state index is 0.119. The van der Waals surface area contributed by atoms with Crippen molar-refractivity contribution >= 4 is 5.95 Å². The number of aromatic nitrogens is 3. The van der Waals surface area contributed by atoms with Crippen molar-refractivity contribution in [3.63, 3.8) is 0 Å². The van der Waals surface area contributed by atoms with Crippen LogP contribution in [0, 0.1) is 18.3 Å². The third kappa shape index (κ3) is 2.71. The van der Waals surface area contributed by atoms with Gasteiger partial charge in [-0.3, -0.25) is 0 Å². The fourth-order valence-corrected chi connectivity index (χ4v) is 4.60. The van der Waals surface area contributed by atoms with Crippen LogP contribution in [0.25, 0.3) is 11.3 Å². The lowest BCUT2D eigenvalue weighted by atomic mass is 9.58. The summed E-state index contributed by atoms with van der Waals surface area (Å²) in [6.45, 7) is 6.40. The lowest BCUT2D eigenvalue weighted by Crippen LogP contribution is -2.64. The summed E-state index contributed by atoms with van der Waals surface area (Å²) in [5, 5.41) is 28.6. The number of aryl methyl sites for hydroxylation is 1. The summed E-state index contributed by atoms with van der Waals surface area (Å²) < 4.78 is 38.4. The van der Waals surface area contributed by atoms with Crippen molar-refractivity contribution in [3.8, 4) is 17.0 Å². The van der Waals surface area contributed by atoms with Gasteiger partial charge in [-0.1, -0.05) is 13.8 Å². The molecule has 2 N–H and O–H groups in total. The molecule has 0 bridgehead atoms. The fourth-order valence-electron chi connectivity index (χ4n) is 4.60. The zero-order valence-corrected chi connectivity index (χ0v) is 15.7. The SMILES string of the molecule is Cc1nc(N2CC[C@@H]3[C@H]2C(C)(C)[C@H]3O)nnc1-c1ccc(C(F)(F)F)cc1O. The van der Waals surface area contributed by atoms with Gasteiger partial charge in [0, 0.05) is 29.5 Å². The lowest BCUT2D eigenvalue weighted by molar-refractivity contribution is -0.137. The number of benzene rings is 1. The molecule has 2 fully saturated rings. The molecule has 1 aliphatic carbocycles. The molecule has 0 amide bonds. The molecule has 150 valence electrons. The lowest BCUT2D eigenvalue weighted by Gasteiger charge is -2.55. The Bertz CT molecular complexity index is 932. The van der Waals surface area contributed by atoms with Gasteiger partial charge in [-0.05, 0) is 31.5 Å². The number of anilines is 1. The normalized spacial score (nSPS) is 26.1. The first-order valence-corrected chi connectivity index (χ1v) is 9.08. The average Bonchev–Trinajstić information content (AvgIpc) is 3.04. The van der Waals surface area contributed by atoms with E-state index in [2.05, 4.69) is 15.2 Å². The third-order valence-electron chi connectivity index (χ3n) is 6.06. The van der Waals surface area contributed by atoms with Crippen LogP contribution in [0.1, 0.15) is 31.5 Å². The van der Waals surface area contributed by atoms with E-state index in [1.807, 2.05) is 18.7 Å². The maximum absolute atomic E-state index is 12.8. The molecular weight excluding hydrogens is 373 g/mol. The predicted octanol–water partition coefficient (Wildman–Crippen LogP) is 3.17. The minimum Gasteiger partial charge on any atom is -0.507 e. The van der Waals surface area contributed by atoms with Gasteiger partial charge >= 0.3 is 6.18 Å². The molecule has 9 heteroatoms. The van der Waals surface area contributed by atoms with Crippen LogP contribution in [0.4, 0.5) is 19.1 Å². The second-order valence-corrected chi connectivity index (χ2v) is 8.13. The Morgan fingerprint density at radius 2 is 1.93 bits per heavy atom. The minimum atomic E-state index is -4.54. The summed E-state index contributed by atoms with van der Waals surface area (Å²) >= 11 is 0. The molecule has 3 atom stereocenters. The summed E-state index contributed by atoms with van der Waals surface area (Å²) in [7, 11) is 0. The number of hydrogen-bond donors (Lipinski definition) is 2. The number of aliphatic hydroxyl groups is 1. The number of aromatic hydroxyl groups is 1. The maximum Gasteiger partial charge on any atom is 0.416 e. The van der Waals surface area contributed by atoms with Gasteiger partial charge in [0.05, 0.1) is 17.4 Å². The Balaban J connectivity index is 1.65. The van der Waals surface area contributed by atoms with Crippen LogP contribution in [0.2, 0.25) is 0 Å². The third-order valence-corrected chi connectivity index (χ3v) is 6.06. The molecule has 1 aromatic carbocycles. The summed E-state index contributed by atoms with van der Waals surface area (Å²) in [6.07, 6.45) is -4.05. The van der Waals surface area contributed by atoms with Crippen LogP contribution < -0.4 is 4.90 Å². The average molecular weight is 394 g/mol. The highest BCUT2D eigenvalue weighted by Gasteiger charge is 2.61. The van der Waals surface area contributed by atoms with E-state index in [1.54, 1.807) is 6.92 Å². The Hall–Kier alpha value is -2.42. The first kappa shape index (κ1) is 18.9. The molecule has 1 saturated heterocycles. The summed E-state index contributed by atoms with van der Waals surface area (Å²) in [4.78, 5) is 6.53. The number of phenolic OH excluding ortho intramolecular Hbond substituents is 1. The molecule has 6 nitrogen and oxygen atoms in total. The number of aliphatic hydroxyl groups excluding tert-OH is 1. The van der Waals surface area contributed by atoms with Crippen LogP contribution in [0.3, 0.4) is 0 Å². The number of rotatable bonds is 2. The molecule has 2 aliphatic rings. The molecule has 2 aromatic rings. The van der Waals surface area contributed by atoms with Gasteiger partial charge in [0.15, 0.2) is 0 Å². The highest BCUT2D eigenvalue weighted by atomic mass is 19.4. The van der Waals surface area contributed by atoms with E-state index in [1.165, 1.54) is 6.07 Å². The van der Waals surface area contributed by atoms with Gasteiger partial charge in [-0.25, -0.2) is 4.98 Å². The topological polar surface area (TPSA) is 82.4 Å². The van der Waals surface area contributed by atoms with Crippen molar-refractivity contribution in [1.82, 2.24) is 15.2 Å². The fraction of sp³-hybridized carbons (Fsp3) is 0.526. The zero-order chi connectivity index (χ0) is 20.4. The number of hydrogen-bond acceptors (Lipinski definition) is 6. The summed E-state index contributed by atoms with van der Waals surface area (Å²) in [5.74, 6) is 0.0870. The van der Waals surface area contributed by atoms with Crippen LogP contribution in [0.15, 0.2) is 18.2 Å². The van der Waals surface area contributed by atoms with Gasteiger partial charge in [-0.15, -0.1) is 10.2 Å². The number of nitrogens with zero attached hydrogens (tertiary/aromatic N) is 4. The van der Waals surface area contributed by atoms with Crippen molar-refractivity contribution in [2.24, 2.45) is 11.3 Å². The number of phenols is 1. The van der Waals surface area contributed by atoms with Gasteiger partial charge in [0.2, 0.25) is 5.95 Å². The second kappa shape index (κ2) is 6.04. The standard InChI is InChI=1S/C19H21F3N4O2/c1-9-14(11-5-4-10(8-13(11)27)19(20,21)22)24-25-17(23-9)26-7-6-12-15(26)18(2,3)16(12)28/h4-5,8,12,15-16,27-28H,6-7H2,1-3H3/t12-,15+,16+/m1/s1. The smallest absolute Gasteiger partial charge is 0.416 e. The maximum atomic E-state index is 12.8. The van der Waals surface area contributed by atoms with Crippen molar-refractivity contribution in [2.45, 2.75) is 45.5 Å². The highest BCUT2D eigenvalue weighted by molar-refractivity contribution is 5.69. The molecule has 1 saturated carbocycles. The van der Waals surface area contributed by atoms with E-state index >= 15 is 0 Å². The Morgan fingerprint density at radius 1 is 1.21 bits per heavy atom. The number of alkyl halides is 3. The molecule has 0 unspecified atom stereocenters. The summed E-state index contributed by atoms with van der Waals surface area (Å²) in [6, 6.07) is 2.86. The number of halogens is 3. The molecule has 0 radical (unpaired) electrons. The number of fused-ring (bicyclic) bond motifs is 1. The van der Waals surface area contributed by atoms with Gasteiger partial charge in [0.1, 0.15) is 11.4 Å². The first-order valence-electron chi connectivity index (χ1n) is 9.08. The second-order valence-electron chi connectivity index (χ2n) is 8.13. The van der Waals surface area contributed by atoms with E-state index in [0.29, 0.717) is 24.3 Å². The quantitative estimate of drug-likeness (QED) is 0.814. The Kier molecular flexibility index (Phi) is 4.08. The van der Waals surface area contributed by atoms with Crippen molar-refractivity contribution in [1.29, 1.82) is 0 Å². The molecule has 2 heterocycles. The highest BCUT2D eigenvalue weighted by Crippen LogP contribution is 2.53. The first-order chi connectivity index (χ1) is 13.0.